The van der Waals surface area contributed by atoms with Crippen molar-refractivity contribution in [2.45, 2.75) is 426 Å². The van der Waals surface area contributed by atoms with Crippen molar-refractivity contribution in [3.63, 3.8) is 0 Å². The summed E-state index contributed by atoms with van der Waals surface area (Å²) in [6.07, 6.45) is 58.1. The van der Waals surface area contributed by atoms with Crippen molar-refractivity contribution in [2.24, 2.45) is 11.8 Å². The third-order valence-electron chi connectivity index (χ3n) is 18.2. The van der Waals surface area contributed by atoms with Gasteiger partial charge in [0, 0.05) is 25.7 Å². The third kappa shape index (κ3) is 72.2. The molecule has 0 radical (unpaired) electrons. The number of hydrogen-bond acceptors (Lipinski definition) is 15. The molecule has 5 atom stereocenters. The Labute approximate surface area is 594 Å². The summed E-state index contributed by atoms with van der Waals surface area (Å²) in [5.41, 5.74) is 0. The molecule has 0 spiro atoms. The molecule has 0 saturated carbocycles. The van der Waals surface area contributed by atoms with Gasteiger partial charge < -0.3 is 33.8 Å². The van der Waals surface area contributed by atoms with Gasteiger partial charge in [0.1, 0.15) is 19.3 Å². The summed E-state index contributed by atoms with van der Waals surface area (Å²) in [7, 11) is -9.91. The highest BCUT2D eigenvalue weighted by molar-refractivity contribution is 7.47. The molecule has 0 aliphatic rings. The number of aliphatic hydroxyl groups excluding tert-OH is 1. The van der Waals surface area contributed by atoms with E-state index in [9.17, 15) is 43.2 Å². The van der Waals surface area contributed by atoms with Crippen LogP contribution in [-0.4, -0.2) is 96.7 Å². The van der Waals surface area contributed by atoms with Crippen molar-refractivity contribution in [3.8, 4) is 0 Å². The van der Waals surface area contributed by atoms with Gasteiger partial charge in [-0.25, -0.2) is 9.13 Å². The maximum absolute atomic E-state index is 13.1. The number of unbranched alkanes of at least 4 members (excludes halogenated alkanes) is 47. The molecule has 3 N–H and O–H groups in total. The van der Waals surface area contributed by atoms with Crippen LogP contribution in [0.15, 0.2) is 0 Å². The Morgan fingerprint density at radius 1 is 0.278 bits per heavy atom. The summed E-state index contributed by atoms with van der Waals surface area (Å²) in [4.78, 5) is 72.9. The quantitative estimate of drug-likeness (QED) is 0.0222. The predicted octanol–water partition coefficient (Wildman–Crippen LogP) is 23.1. The second-order valence-electron chi connectivity index (χ2n) is 29.1. The number of phosphoric ester groups is 2. The van der Waals surface area contributed by atoms with Crippen LogP contribution in [0.2, 0.25) is 0 Å². The zero-order valence-corrected chi connectivity index (χ0v) is 65.2. The van der Waals surface area contributed by atoms with Crippen molar-refractivity contribution in [2.75, 3.05) is 39.6 Å². The lowest BCUT2D eigenvalue weighted by atomic mass is 10.0. The average molecular weight is 1420 g/mol. The largest absolute Gasteiger partial charge is 0.472 e. The minimum atomic E-state index is -4.96. The summed E-state index contributed by atoms with van der Waals surface area (Å²) in [5, 5.41) is 10.6. The summed E-state index contributed by atoms with van der Waals surface area (Å²) in [6, 6.07) is 0. The number of esters is 4. The van der Waals surface area contributed by atoms with Crippen LogP contribution in [-0.2, 0) is 65.4 Å². The molecular formula is C78H152O17P2. The summed E-state index contributed by atoms with van der Waals surface area (Å²) >= 11 is 0. The highest BCUT2D eigenvalue weighted by Crippen LogP contribution is 2.45. The van der Waals surface area contributed by atoms with E-state index in [1.165, 1.54) is 225 Å². The van der Waals surface area contributed by atoms with Crippen LogP contribution in [0.5, 0.6) is 0 Å². The van der Waals surface area contributed by atoms with Crippen LogP contribution in [0.3, 0.4) is 0 Å². The van der Waals surface area contributed by atoms with Gasteiger partial charge in [0.2, 0.25) is 0 Å². The van der Waals surface area contributed by atoms with Gasteiger partial charge in [0.15, 0.2) is 12.2 Å². The van der Waals surface area contributed by atoms with Crippen molar-refractivity contribution in [1.82, 2.24) is 0 Å². The van der Waals surface area contributed by atoms with E-state index < -0.39 is 97.5 Å². The van der Waals surface area contributed by atoms with Crippen LogP contribution in [0.25, 0.3) is 0 Å². The van der Waals surface area contributed by atoms with Gasteiger partial charge >= 0.3 is 39.5 Å². The second kappa shape index (κ2) is 69.8. The van der Waals surface area contributed by atoms with E-state index in [-0.39, 0.29) is 25.7 Å². The summed E-state index contributed by atoms with van der Waals surface area (Å²) in [6.45, 7) is 9.62. The number of hydrogen-bond donors (Lipinski definition) is 3. The molecule has 19 heteroatoms. The number of carbonyl (C=O) groups excluding carboxylic acids is 4. The molecule has 576 valence electrons. The predicted molar refractivity (Wildman–Crippen MR) is 395 cm³/mol. The first-order valence-electron chi connectivity index (χ1n) is 40.5. The van der Waals surface area contributed by atoms with Crippen LogP contribution < -0.4 is 0 Å². The number of rotatable bonds is 77. The molecule has 0 aromatic rings. The zero-order valence-electron chi connectivity index (χ0n) is 63.4. The standard InChI is InChI=1S/C78H152O17P2/c1-7-9-11-13-15-17-19-20-21-22-23-26-31-38-44-50-56-62-77(82)94-73(67-89-76(81)61-55-49-43-37-30-27-24-25-29-34-40-46-52-58-70(3)4)68-92-96(84,85)90-64-72(79)65-91-97(86,87)93-69-74(66-88-75(80)60-54-48-42-36-28-18-16-14-12-10-8-2)95-78(83)63-57-51-45-39-33-32-35-41-47-53-59-71(5)6/h70-74,79H,7-69H2,1-6H3,(H,84,85)(H,86,87)/t72-,73-,74-/m1/s1. The summed E-state index contributed by atoms with van der Waals surface area (Å²) < 4.78 is 68.6. The first kappa shape index (κ1) is 95.1. The molecule has 0 aliphatic heterocycles. The Hall–Kier alpha value is -1.94. The van der Waals surface area contributed by atoms with Crippen molar-refractivity contribution >= 4 is 39.5 Å². The SMILES string of the molecule is CCCCCCCCCCCCCCCCCCCC(=O)O[C@H](COC(=O)CCCCCCCCCCCCCCCC(C)C)COP(=O)(O)OC[C@@H](O)COP(=O)(O)OC[C@@H](COC(=O)CCCCCCCCCCCCC)OC(=O)CCCCCCCCCCCCC(C)C. The molecule has 0 aliphatic carbocycles. The fraction of sp³-hybridized carbons (Fsp3) is 0.949. The Balaban J connectivity index is 5.25. The molecule has 0 bridgehead atoms. The van der Waals surface area contributed by atoms with Gasteiger partial charge in [-0.15, -0.1) is 0 Å². The average Bonchev–Trinajstić information content (AvgIpc) is 1.00. The highest BCUT2D eigenvalue weighted by atomic mass is 31.2. The normalized spacial score (nSPS) is 14.0. The zero-order chi connectivity index (χ0) is 71.4. The monoisotopic (exact) mass is 1420 g/mol. The van der Waals surface area contributed by atoms with E-state index in [1.54, 1.807) is 0 Å². The van der Waals surface area contributed by atoms with E-state index in [4.69, 9.17) is 37.0 Å². The van der Waals surface area contributed by atoms with Crippen LogP contribution >= 0.6 is 15.6 Å². The second-order valence-corrected chi connectivity index (χ2v) is 32.0. The van der Waals surface area contributed by atoms with Gasteiger partial charge in [0.25, 0.3) is 0 Å². The number of aliphatic hydroxyl groups is 1. The number of phosphoric acid groups is 2. The van der Waals surface area contributed by atoms with Gasteiger partial charge in [-0.1, -0.05) is 356 Å². The topological polar surface area (TPSA) is 237 Å². The molecule has 0 fully saturated rings. The number of carbonyl (C=O) groups is 4. The molecule has 0 heterocycles. The Kier molecular flexibility index (Phi) is 68.4. The van der Waals surface area contributed by atoms with Gasteiger partial charge in [-0.05, 0) is 37.5 Å². The molecular weight excluding hydrogens is 1270 g/mol. The molecule has 0 saturated heterocycles. The Morgan fingerprint density at radius 3 is 0.701 bits per heavy atom. The molecule has 0 rings (SSSR count). The van der Waals surface area contributed by atoms with Crippen LogP contribution in [0.4, 0.5) is 0 Å². The highest BCUT2D eigenvalue weighted by Gasteiger charge is 2.30. The van der Waals surface area contributed by atoms with E-state index in [0.717, 1.165) is 102 Å². The molecule has 2 unspecified atom stereocenters. The van der Waals surface area contributed by atoms with E-state index in [1.807, 2.05) is 0 Å². The van der Waals surface area contributed by atoms with Crippen molar-refractivity contribution in [3.05, 3.63) is 0 Å². The molecule has 97 heavy (non-hydrogen) atoms. The maximum atomic E-state index is 13.1. The van der Waals surface area contributed by atoms with Crippen molar-refractivity contribution in [1.29, 1.82) is 0 Å². The van der Waals surface area contributed by atoms with Gasteiger partial charge in [-0.3, -0.25) is 37.3 Å². The minimum Gasteiger partial charge on any atom is -0.462 e. The lowest BCUT2D eigenvalue weighted by Gasteiger charge is -2.21. The Morgan fingerprint density at radius 2 is 0.474 bits per heavy atom. The fourth-order valence-corrected chi connectivity index (χ4v) is 13.6. The third-order valence-corrected chi connectivity index (χ3v) is 20.1. The smallest absolute Gasteiger partial charge is 0.462 e. The number of ether oxygens (including phenoxy) is 4. The molecule has 17 nitrogen and oxygen atoms in total. The summed E-state index contributed by atoms with van der Waals surface area (Å²) in [5.74, 6) is -0.568. The minimum absolute atomic E-state index is 0.106. The first-order valence-corrected chi connectivity index (χ1v) is 43.5. The lowest BCUT2D eigenvalue weighted by molar-refractivity contribution is -0.161. The maximum Gasteiger partial charge on any atom is 0.472 e. The fourth-order valence-electron chi connectivity index (χ4n) is 12.0. The van der Waals surface area contributed by atoms with E-state index >= 15 is 0 Å². The van der Waals surface area contributed by atoms with Gasteiger partial charge in [-0.2, -0.15) is 0 Å². The van der Waals surface area contributed by atoms with E-state index in [2.05, 4.69) is 41.5 Å². The Bertz CT molecular complexity index is 1870. The van der Waals surface area contributed by atoms with E-state index in [0.29, 0.717) is 25.7 Å². The lowest BCUT2D eigenvalue weighted by Crippen LogP contribution is -2.30. The molecule has 0 aromatic heterocycles. The first-order chi connectivity index (χ1) is 46.9. The van der Waals surface area contributed by atoms with Gasteiger partial charge in [0.05, 0.1) is 26.4 Å². The van der Waals surface area contributed by atoms with Crippen molar-refractivity contribution < 1.29 is 80.2 Å². The molecule has 0 amide bonds. The molecule has 0 aromatic carbocycles. The van der Waals surface area contributed by atoms with Crippen LogP contribution in [0.1, 0.15) is 408 Å². The van der Waals surface area contributed by atoms with Crippen LogP contribution in [0, 0.1) is 11.8 Å².